The van der Waals surface area contributed by atoms with Crippen molar-refractivity contribution in [3.05, 3.63) is 57.5 Å². The van der Waals surface area contributed by atoms with Gasteiger partial charge in [0.05, 0.1) is 15.9 Å². The van der Waals surface area contributed by atoms with Crippen LogP contribution in [0.5, 0.6) is 0 Å². The van der Waals surface area contributed by atoms with Gasteiger partial charge in [0, 0.05) is 11.1 Å². The molecular weight excluding hydrogens is 344 g/mol. The molecule has 0 aliphatic heterocycles. The van der Waals surface area contributed by atoms with E-state index in [2.05, 4.69) is 26.2 Å². The third-order valence-electron chi connectivity index (χ3n) is 3.48. The molecule has 0 fully saturated rings. The van der Waals surface area contributed by atoms with E-state index in [1.54, 1.807) is 6.07 Å². The Bertz CT molecular complexity index is 860. The number of hydrogen-bond acceptors (Lipinski definition) is 3. The molecule has 0 atom stereocenters. The number of aromatic nitrogens is 1. The summed E-state index contributed by atoms with van der Waals surface area (Å²) in [6.07, 6.45) is 0. The van der Waals surface area contributed by atoms with Crippen molar-refractivity contribution in [2.75, 3.05) is 5.32 Å². The van der Waals surface area contributed by atoms with E-state index in [0.29, 0.717) is 5.58 Å². The molecule has 0 unspecified atom stereocenters. The van der Waals surface area contributed by atoms with Gasteiger partial charge >= 0.3 is 0 Å². The summed E-state index contributed by atoms with van der Waals surface area (Å²) in [5.41, 5.74) is 4.11. The standard InChI is InChI=1S/C17H15BrN2O2/c1-9-7-10(2)19-11(3)15(9)20-17(21)14-8-12-5-4-6-13(18)16(12)22-14/h4-8H,1-3H3,(H,20,21). The Morgan fingerprint density at radius 1 is 1.23 bits per heavy atom. The summed E-state index contributed by atoms with van der Waals surface area (Å²) in [6.45, 7) is 5.76. The van der Waals surface area contributed by atoms with Crippen molar-refractivity contribution in [2.24, 2.45) is 0 Å². The zero-order chi connectivity index (χ0) is 15.9. The van der Waals surface area contributed by atoms with Gasteiger partial charge in [-0.2, -0.15) is 0 Å². The van der Waals surface area contributed by atoms with Gasteiger partial charge in [0.1, 0.15) is 5.58 Å². The van der Waals surface area contributed by atoms with Crippen LogP contribution in [-0.4, -0.2) is 10.9 Å². The molecule has 2 aromatic heterocycles. The van der Waals surface area contributed by atoms with Gasteiger partial charge < -0.3 is 9.73 Å². The number of amides is 1. The van der Waals surface area contributed by atoms with Gasteiger partial charge in [-0.05, 0) is 60.5 Å². The van der Waals surface area contributed by atoms with E-state index in [0.717, 1.165) is 32.5 Å². The maximum Gasteiger partial charge on any atom is 0.291 e. The fourth-order valence-electron chi connectivity index (χ4n) is 2.53. The van der Waals surface area contributed by atoms with Crippen molar-refractivity contribution in [3.8, 4) is 0 Å². The fourth-order valence-corrected chi connectivity index (χ4v) is 2.99. The number of hydrogen-bond donors (Lipinski definition) is 1. The predicted molar refractivity (Wildman–Crippen MR) is 90.3 cm³/mol. The number of nitrogens with zero attached hydrogens (tertiary/aromatic N) is 1. The molecule has 0 saturated heterocycles. The van der Waals surface area contributed by atoms with Crippen LogP contribution in [0.15, 0.2) is 39.2 Å². The summed E-state index contributed by atoms with van der Waals surface area (Å²) >= 11 is 3.42. The van der Waals surface area contributed by atoms with Crippen LogP contribution in [0.25, 0.3) is 11.0 Å². The number of carbonyl (C=O) groups is 1. The van der Waals surface area contributed by atoms with Crippen LogP contribution in [0.2, 0.25) is 0 Å². The van der Waals surface area contributed by atoms with Gasteiger partial charge in [0.15, 0.2) is 5.76 Å². The number of benzene rings is 1. The van der Waals surface area contributed by atoms with E-state index in [-0.39, 0.29) is 11.7 Å². The average Bonchev–Trinajstić information content (AvgIpc) is 2.88. The lowest BCUT2D eigenvalue weighted by molar-refractivity contribution is 0.0998. The minimum atomic E-state index is -0.278. The molecule has 0 saturated carbocycles. The van der Waals surface area contributed by atoms with Crippen LogP contribution < -0.4 is 5.32 Å². The number of para-hydroxylation sites is 1. The lowest BCUT2D eigenvalue weighted by Gasteiger charge is -2.10. The predicted octanol–water partition coefficient (Wildman–Crippen LogP) is 4.77. The Morgan fingerprint density at radius 2 is 2.00 bits per heavy atom. The normalized spacial score (nSPS) is 10.9. The Morgan fingerprint density at radius 3 is 2.68 bits per heavy atom. The average molecular weight is 359 g/mol. The maximum atomic E-state index is 12.4. The quantitative estimate of drug-likeness (QED) is 0.717. The second kappa shape index (κ2) is 5.57. The van der Waals surface area contributed by atoms with E-state index in [4.69, 9.17) is 4.42 Å². The molecule has 0 bridgehead atoms. The van der Waals surface area contributed by atoms with Crippen molar-refractivity contribution in [1.82, 2.24) is 4.98 Å². The Kier molecular flexibility index (Phi) is 3.74. The number of furan rings is 1. The minimum absolute atomic E-state index is 0.278. The molecule has 0 spiro atoms. The van der Waals surface area contributed by atoms with Crippen LogP contribution in [0.4, 0.5) is 5.69 Å². The summed E-state index contributed by atoms with van der Waals surface area (Å²) in [7, 11) is 0. The number of halogens is 1. The molecule has 1 aromatic carbocycles. The number of aryl methyl sites for hydroxylation is 3. The topological polar surface area (TPSA) is 55.1 Å². The first-order valence-corrected chi connectivity index (χ1v) is 7.69. The molecule has 0 aliphatic carbocycles. The summed E-state index contributed by atoms with van der Waals surface area (Å²) in [6, 6.07) is 9.37. The molecule has 1 amide bonds. The van der Waals surface area contributed by atoms with Gasteiger partial charge in [-0.15, -0.1) is 0 Å². The molecule has 4 nitrogen and oxygen atoms in total. The largest absolute Gasteiger partial charge is 0.450 e. The number of carbonyl (C=O) groups excluding carboxylic acids is 1. The van der Waals surface area contributed by atoms with Gasteiger partial charge in [0.2, 0.25) is 0 Å². The Labute approximate surface area is 136 Å². The highest BCUT2D eigenvalue weighted by molar-refractivity contribution is 9.10. The summed E-state index contributed by atoms with van der Waals surface area (Å²) in [4.78, 5) is 16.8. The van der Waals surface area contributed by atoms with Crippen molar-refractivity contribution < 1.29 is 9.21 Å². The smallest absolute Gasteiger partial charge is 0.291 e. The van der Waals surface area contributed by atoms with Crippen LogP contribution in [0, 0.1) is 20.8 Å². The molecule has 5 heteroatoms. The molecule has 112 valence electrons. The lowest BCUT2D eigenvalue weighted by Crippen LogP contribution is -2.13. The van der Waals surface area contributed by atoms with Gasteiger partial charge in [-0.3, -0.25) is 9.78 Å². The minimum Gasteiger partial charge on any atom is -0.450 e. The number of fused-ring (bicyclic) bond motifs is 1. The highest BCUT2D eigenvalue weighted by Gasteiger charge is 2.16. The second-order valence-electron chi connectivity index (χ2n) is 5.26. The molecular formula is C17H15BrN2O2. The first-order chi connectivity index (χ1) is 10.5. The summed E-state index contributed by atoms with van der Waals surface area (Å²) in [5.74, 6) is 0.00114. The van der Waals surface area contributed by atoms with E-state index >= 15 is 0 Å². The van der Waals surface area contributed by atoms with Gasteiger partial charge in [-0.1, -0.05) is 12.1 Å². The number of nitrogens with one attached hydrogen (secondary N) is 1. The van der Waals surface area contributed by atoms with Crippen molar-refractivity contribution in [2.45, 2.75) is 20.8 Å². The maximum absolute atomic E-state index is 12.4. The molecule has 0 aliphatic rings. The molecule has 3 aromatic rings. The van der Waals surface area contributed by atoms with E-state index < -0.39 is 0 Å². The van der Waals surface area contributed by atoms with Crippen LogP contribution >= 0.6 is 15.9 Å². The highest BCUT2D eigenvalue weighted by Crippen LogP contribution is 2.28. The summed E-state index contributed by atoms with van der Waals surface area (Å²) < 4.78 is 6.48. The number of anilines is 1. The van der Waals surface area contributed by atoms with Crippen LogP contribution in [0.1, 0.15) is 27.5 Å². The highest BCUT2D eigenvalue weighted by atomic mass is 79.9. The third-order valence-corrected chi connectivity index (χ3v) is 4.11. The lowest BCUT2D eigenvalue weighted by atomic mass is 10.1. The number of pyridine rings is 1. The fraction of sp³-hybridized carbons (Fsp3) is 0.176. The van der Waals surface area contributed by atoms with E-state index in [9.17, 15) is 4.79 Å². The van der Waals surface area contributed by atoms with E-state index in [1.807, 2.05) is 45.0 Å². The Balaban J connectivity index is 1.95. The van der Waals surface area contributed by atoms with Gasteiger partial charge in [-0.25, -0.2) is 0 Å². The molecule has 22 heavy (non-hydrogen) atoms. The molecule has 2 heterocycles. The SMILES string of the molecule is Cc1cc(C)c(NC(=O)c2cc3cccc(Br)c3o2)c(C)n1. The zero-order valence-corrected chi connectivity index (χ0v) is 14.1. The Hall–Kier alpha value is -2.14. The first kappa shape index (κ1) is 14.8. The second-order valence-corrected chi connectivity index (χ2v) is 6.12. The van der Waals surface area contributed by atoms with Crippen molar-refractivity contribution in [1.29, 1.82) is 0 Å². The van der Waals surface area contributed by atoms with Gasteiger partial charge in [0.25, 0.3) is 5.91 Å². The van der Waals surface area contributed by atoms with Crippen LogP contribution in [-0.2, 0) is 0 Å². The monoisotopic (exact) mass is 358 g/mol. The number of rotatable bonds is 2. The molecule has 3 rings (SSSR count). The molecule has 1 N–H and O–H groups in total. The molecule has 0 radical (unpaired) electrons. The van der Waals surface area contributed by atoms with Crippen LogP contribution in [0.3, 0.4) is 0 Å². The zero-order valence-electron chi connectivity index (χ0n) is 12.5. The van der Waals surface area contributed by atoms with Crippen molar-refractivity contribution >= 4 is 38.5 Å². The van der Waals surface area contributed by atoms with E-state index in [1.165, 1.54) is 0 Å². The van der Waals surface area contributed by atoms with Crippen molar-refractivity contribution in [3.63, 3.8) is 0 Å². The first-order valence-electron chi connectivity index (χ1n) is 6.90. The summed E-state index contributed by atoms with van der Waals surface area (Å²) in [5, 5.41) is 3.78. The third kappa shape index (κ3) is 2.64.